The van der Waals surface area contributed by atoms with E-state index in [0.717, 1.165) is 18.4 Å². The Morgan fingerprint density at radius 2 is 1.88 bits per heavy atom. The number of nitrogens with one attached hydrogen (secondary N) is 2. The van der Waals surface area contributed by atoms with Crippen LogP contribution in [0.5, 0.6) is 0 Å². The predicted molar refractivity (Wildman–Crippen MR) is 98.5 cm³/mol. The summed E-state index contributed by atoms with van der Waals surface area (Å²) in [5.41, 5.74) is 2.86. The van der Waals surface area contributed by atoms with Gasteiger partial charge in [0.15, 0.2) is 0 Å². The number of benzene rings is 2. The third-order valence-electron chi connectivity index (χ3n) is 4.46. The van der Waals surface area contributed by atoms with E-state index >= 15 is 0 Å². The van der Waals surface area contributed by atoms with E-state index in [1.54, 1.807) is 0 Å². The van der Waals surface area contributed by atoms with Crippen LogP contribution in [0.2, 0.25) is 0 Å². The topological polar surface area (TPSA) is 84.5 Å². The van der Waals surface area contributed by atoms with E-state index < -0.39 is 10.0 Å². The molecule has 0 heterocycles. The fraction of sp³-hybridized carbons (Fsp3) is 0.316. The van der Waals surface area contributed by atoms with Crippen molar-refractivity contribution in [3.8, 4) is 0 Å². The van der Waals surface area contributed by atoms with Crippen LogP contribution in [0.1, 0.15) is 33.9 Å². The summed E-state index contributed by atoms with van der Waals surface area (Å²) in [6.07, 6.45) is 1.83. The molecule has 0 saturated carbocycles. The molecular weight excluding hydrogens is 352 g/mol. The first-order valence-corrected chi connectivity index (χ1v) is 9.97. The Balaban J connectivity index is 1.66. The minimum atomic E-state index is -3.60. The van der Waals surface area contributed by atoms with Gasteiger partial charge >= 0.3 is 0 Å². The van der Waals surface area contributed by atoms with Gasteiger partial charge in [-0.1, -0.05) is 24.3 Å². The highest BCUT2D eigenvalue weighted by Gasteiger charge is 2.24. The van der Waals surface area contributed by atoms with E-state index in [1.807, 2.05) is 18.2 Å². The number of fused-ring (bicyclic) bond motifs is 1. The van der Waals surface area contributed by atoms with Crippen LogP contribution in [0.4, 0.5) is 0 Å². The van der Waals surface area contributed by atoms with Crippen LogP contribution in [0.3, 0.4) is 0 Å². The van der Waals surface area contributed by atoms with Crippen LogP contribution in [-0.4, -0.2) is 34.6 Å². The number of aryl methyl sites for hydroxylation is 1. The minimum absolute atomic E-state index is 0.00202. The maximum atomic E-state index is 12.5. The highest BCUT2D eigenvalue weighted by Crippen LogP contribution is 2.30. The fourth-order valence-electron chi connectivity index (χ4n) is 3.10. The summed E-state index contributed by atoms with van der Waals surface area (Å²) < 4.78 is 31.5. The zero-order valence-electron chi connectivity index (χ0n) is 14.6. The molecule has 2 N–H and O–H groups in total. The molecule has 1 aliphatic carbocycles. The monoisotopic (exact) mass is 374 g/mol. The molecule has 6 nitrogen and oxygen atoms in total. The Morgan fingerprint density at radius 1 is 1.15 bits per heavy atom. The van der Waals surface area contributed by atoms with E-state index in [1.165, 1.54) is 36.9 Å². The Kier molecular flexibility index (Phi) is 5.70. The largest absolute Gasteiger partial charge is 0.383 e. The summed E-state index contributed by atoms with van der Waals surface area (Å²) in [6, 6.07) is 14.0. The number of carbonyl (C=O) groups is 1. The van der Waals surface area contributed by atoms with Crippen molar-refractivity contribution in [1.29, 1.82) is 0 Å². The van der Waals surface area contributed by atoms with Crippen molar-refractivity contribution in [3.63, 3.8) is 0 Å². The minimum Gasteiger partial charge on any atom is -0.383 e. The lowest BCUT2D eigenvalue weighted by molar-refractivity contribution is 0.0936. The molecule has 2 aromatic rings. The number of sulfonamides is 1. The number of hydrogen-bond donors (Lipinski definition) is 2. The third-order valence-corrected chi connectivity index (χ3v) is 5.94. The standard InChI is InChI=1S/C19H22N2O4S/c1-25-13-12-20-26(23,24)16-9-6-15(7-10-16)19(22)21-18-11-8-14-4-2-3-5-17(14)18/h2-7,9-10,18,20H,8,11-13H2,1H3,(H,21,22). The molecule has 7 heteroatoms. The molecule has 0 aromatic heterocycles. The number of methoxy groups -OCH3 is 1. The molecule has 0 bridgehead atoms. The van der Waals surface area contributed by atoms with Gasteiger partial charge in [-0.05, 0) is 48.2 Å². The van der Waals surface area contributed by atoms with Crippen LogP contribution in [0, 0.1) is 0 Å². The van der Waals surface area contributed by atoms with Crippen molar-refractivity contribution >= 4 is 15.9 Å². The lowest BCUT2D eigenvalue weighted by Crippen LogP contribution is -2.28. The normalized spacial score (nSPS) is 16.3. The van der Waals surface area contributed by atoms with Crippen molar-refractivity contribution in [2.24, 2.45) is 0 Å². The molecule has 138 valence electrons. The van der Waals surface area contributed by atoms with Crippen LogP contribution < -0.4 is 10.0 Å². The molecule has 1 atom stereocenters. The van der Waals surface area contributed by atoms with Gasteiger partial charge in [0.25, 0.3) is 5.91 Å². The van der Waals surface area contributed by atoms with Crippen LogP contribution in [0.25, 0.3) is 0 Å². The van der Waals surface area contributed by atoms with E-state index in [-0.39, 0.29) is 23.4 Å². The summed E-state index contributed by atoms with van der Waals surface area (Å²) in [4.78, 5) is 12.6. The average Bonchev–Trinajstić information content (AvgIpc) is 3.05. The summed E-state index contributed by atoms with van der Waals surface area (Å²) in [7, 11) is -2.09. The van der Waals surface area contributed by atoms with Crippen LogP contribution >= 0.6 is 0 Å². The number of rotatable bonds is 7. The second kappa shape index (κ2) is 7.99. The molecule has 26 heavy (non-hydrogen) atoms. The summed E-state index contributed by atoms with van der Waals surface area (Å²) >= 11 is 0. The summed E-state index contributed by atoms with van der Waals surface area (Å²) in [5, 5.41) is 3.03. The van der Waals surface area contributed by atoms with Gasteiger partial charge in [0.1, 0.15) is 0 Å². The van der Waals surface area contributed by atoms with E-state index in [2.05, 4.69) is 16.1 Å². The summed E-state index contributed by atoms with van der Waals surface area (Å²) in [5.74, 6) is -0.206. The molecule has 2 aromatic carbocycles. The molecule has 1 aliphatic rings. The van der Waals surface area contributed by atoms with E-state index in [4.69, 9.17) is 4.74 Å². The number of ether oxygens (including phenoxy) is 1. The van der Waals surface area contributed by atoms with Crippen LogP contribution in [0.15, 0.2) is 53.4 Å². The lowest BCUT2D eigenvalue weighted by Gasteiger charge is -2.14. The molecular formula is C19H22N2O4S. The molecule has 0 saturated heterocycles. The van der Waals surface area contributed by atoms with Gasteiger partial charge in [0.2, 0.25) is 10.0 Å². The Labute approximate surface area is 153 Å². The zero-order chi connectivity index (χ0) is 18.6. The molecule has 3 rings (SSSR count). The van der Waals surface area contributed by atoms with Crippen molar-refractivity contribution in [3.05, 3.63) is 65.2 Å². The average molecular weight is 374 g/mol. The lowest BCUT2D eigenvalue weighted by atomic mass is 10.1. The molecule has 0 radical (unpaired) electrons. The van der Waals surface area contributed by atoms with Gasteiger partial charge < -0.3 is 10.1 Å². The fourth-order valence-corrected chi connectivity index (χ4v) is 4.11. The molecule has 0 aliphatic heterocycles. The van der Waals surface area contributed by atoms with Gasteiger partial charge in [-0.15, -0.1) is 0 Å². The van der Waals surface area contributed by atoms with Crippen molar-refractivity contribution in [1.82, 2.24) is 10.0 Å². The van der Waals surface area contributed by atoms with Gasteiger partial charge in [-0.25, -0.2) is 13.1 Å². The Bertz CT molecular complexity index is 879. The maximum absolute atomic E-state index is 12.5. The van der Waals surface area contributed by atoms with Crippen molar-refractivity contribution in [2.75, 3.05) is 20.3 Å². The Morgan fingerprint density at radius 3 is 2.62 bits per heavy atom. The van der Waals surface area contributed by atoms with E-state index in [9.17, 15) is 13.2 Å². The number of carbonyl (C=O) groups excluding carboxylic acids is 1. The highest BCUT2D eigenvalue weighted by atomic mass is 32.2. The van der Waals surface area contributed by atoms with Gasteiger partial charge in [-0.2, -0.15) is 0 Å². The predicted octanol–water partition coefficient (Wildman–Crippen LogP) is 2.03. The second-order valence-electron chi connectivity index (χ2n) is 6.18. The molecule has 1 unspecified atom stereocenters. The number of amides is 1. The smallest absolute Gasteiger partial charge is 0.251 e. The highest BCUT2D eigenvalue weighted by molar-refractivity contribution is 7.89. The first kappa shape index (κ1) is 18.6. The van der Waals surface area contributed by atoms with Crippen LogP contribution in [-0.2, 0) is 21.2 Å². The number of hydrogen-bond acceptors (Lipinski definition) is 4. The zero-order valence-corrected chi connectivity index (χ0v) is 15.4. The van der Waals surface area contributed by atoms with Gasteiger partial charge in [0, 0.05) is 19.2 Å². The van der Waals surface area contributed by atoms with Gasteiger partial charge in [-0.3, -0.25) is 4.79 Å². The first-order valence-electron chi connectivity index (χ1n) is 8.48. The summed E-state index contributed by atoms with van der Waals surface area (Å²) in [6.45, 7) is 0.491. The second-order valence-corrected chi connectivity index (χ2v) is 7.95. The maximum Gasteiger partial charge on any atom is 0.251 e. The quantitative estimate of drug-likeness (QED) is 0.727. The van der Waals surface area contributed by atoms with E-state index in [0.29, 0.717) is 12.2 Å². The van der Waals surface area contributed by atoms with Gasteiger partial charge in [0.05, 0.1) is 17.5 Å². The Hall–Kier alpha value is -2.22. The molecule has 0 fully saturated rings. The van der Waals surface area contributed by atoms with Crippen molar-refractivity contribution in [2.45, 2.75) is 23.8 Å². The first-order chi connectivity index (χ1) is 12.5. The van der Waals surface area contributed by atoms with Crippen molar-refractivity contribution < 1.29 is 17.9 Å². The molecule has 1 amide bonds. The molecule has 0 spiro atoms. The SMILES string of the molecule is COCCNS(=O)(=O)c1ccc(C(=O)NC2CCc3ccccc32)cc1. The third kappa shape index (κ3) is 4.12.